The largest absolute Gasteiger partial charge is 0.383 e. The van der Waals surface area contributed by atoms with Gasteiger partial charge in [0.1, 0.15) is 6.07 Å². The molecule has 1 fully saturated rings. The maximum Gasteiger partial charge on any atom is 0.101 e. The Kier molecular flexibility index (Phi) is 3.38. The highest BCUT2D eigenvalue weighted by Gasteiger charge is 2.34. The normalized spacial score (nSPS) is 17.0. The lowest BCUT2D eigenvalue weighted by atomic mass is 9.67. The van der Waals surface area contributed by atoms with Crippen LogP contribution in [0.1, 0.15) is 43.7 Å². The molecule has 1 aliphatic rings. The van der Waals surface area contributed by atoms with Gasteiger partial charge in [0, 0.05) is 6.54 Å². The van der Waals surface area contributed by atoms with Gasteiger partial charge in [0.25, 0.3) is 0 Å². The standard InChI is InChI=1S/C15H20N2/c1-3-15(7-4-8-15)11-17-14-6-5-12(2)9-13(14)10-16/h5-6,9,17H,3-4,7-8,11H2,1-2H3. The molecule has 17 heavy (non-hydrogen) atoms. The highest BCUT2D eigenvalue weighted by molar-refractivity contribution is 5.58. The fourth-order valence-corrected chi connectivity index (χ4v) is 2.52. The minimum Gasteiger partial charge on any atom is -0.383 e. The number of hydrogen-bond donors (Lipinski definition) is 1. The van der Waals surface area contributed by atoms with Crippen LogP contribution >= 0.6 is 0 Å². The molecule has 1 aromatic rings. The molecule has 0 atom stereocenters. The van der Waals surface area contributed by atoms with Crippen LogP contribution in [0.25, 0.3) is 0 Å². The molecule has 0 amide bonds. The summed E-state index contributed by atoms with van der Waals surface area (Å²) in [6, 6.07) is 8.29. The third-order valence-electron chi connectivity index (χ3n) is 4.11. The first-order valence-electron chi connectivity index (χ1n) is 6.44. The Morgan fingerprint density at radius 3 is 2.71 bits per heavy atom. The molecule has 0 bridgehead atoms. The van der Waals surface area contributed by atoms with Crippen molar-refractivity contribution in [3.63, 3.8) is 0 Å². The summed E-state index contributed by atoms with van der Waals surface area (Å²) < 4.78 is 0. The minimum absolute atomic E-state index is 0.484. The van der Waals surface area contributed by atoms with Crippen molar-refractivity contribution in [1.82, 2.24) is 0 Å². The molecule has 0 saturated heterocycles. The van der Waals surface area contributed by atoms with Crippen LogP contribution in [-0.4, -0.2) is 6.54 Å². The van der Waals surface area contributed by atoms with Crippen LogP contribution < -0.4 is 5.32 Å². The smallest absolute Gasteiger partial charge is 0.101 e. The van der Waals surface area contributed by atoms with Crippen molar-refractivity contribution in [2.24, 2.45) is 5.41 Å². The minimum atomic E-state index is 0.484. The zero-order chi connectivity index (χ0) is 12.3. The molecular formula is C15H20N2. The monoisotopic (exact) mass is 228 g/mol. The fourth-order valence-electron chi connectivity index (χ4n) is 2.52. The average molecular weight is 228 g/mol. The summed E-state index contributed by atoms with van der Waals surface area (Å²) in [5.41, 5.74) is 3.37. The zero-order valence-electron chi connectivity index (χ0n) is 10.7. The van der Waals surface area contributed by atoms with E-state index in [1.165, 1.54) is 25.7 Å². The van der Waals surface area contributed by atoms with Crippen LogP contribution in [0.3, 0.4) is 0 Å². The van der Waals surface area contributed by atoms with Crippen LogP contribution in [0.15, 0.2) is 18.2 Å². The van der Waals surface area contributed by atoms with Gasteiger partial charge in [-0.15, -0.1) is 0 Å². The lowest BCUT2D eigenvalue weighted by Gasteiger charge is -2.41. The second kappa shape index (κ2) is 4.79. The van der Waals surface area contributed by atoms with Gasteiger partial charge in [0.15, 0.2) is 0 Å². The van der Waals surface area contributed by atoms with Gasteiger partial charge in [-0.25, -0.2) is 0 Å². The molecule has 0 spiro atoms. The molecule has 2 heteroatoms. The van der Waals surface area contributed by atoms with Crippen LogP contribution in [0.4, 0.5) is 5.69 Å². The molecular weight excluding hydrogens is 208 g/mol. The Hall–Kier alpha value is -1.49. The van der Waals surface area contributed by atoms with Crippen LogP contribution in [0.2, 0.25) is 0 Å². The van der Waals surface area contributed by atoms with Gasteiger partial charge >= 0.3 is 0 Å². The highest BCUT2D eigenvalue weighted by Crippen LogP contribution is 2.43. The number of rotatable bonds is 4. The lowest BCUT2D eigenvalue weighted by molar-refractivity contribution is 0.145. The Bertz CT molecular complexity index is 433. The van der Waals surface area contributed by atoms with E-state index in [4.69, 9.17) is 5.26 Å². The third kappa shape index (κ3) is 2.44. The highest BCUT2D eigenvalue weighted by atomic mass is 14.9. The van der Waals surface area contributed by atoms with Crippen LogP contribution in [-0.2, 0) is 0 Å². The summed E-state index contributed by atoms with van der Waals surface area (Å²) in [6.07, 6.45) is 5.23. The van der Waals surface area contributed by atoms with E-state index in [1.807, 2.05) is 19.1 Å². The van der Waals surface area contributed by atoms with E-state index < -0.39 is 0 Å². The van der Waals surface area contributed by atoms with E-state index in [1.54, 1.807) is 0 Å². The molecule has 1 saturated carbocycles. The molecule has 0 aromatic heterocycles. The summed E-state index contributed by atoms with van der Waals surface area (Å²) in [4.78, 5) is 0. The van der Waals surface area contributed by atoms with E-state index >= 15 is 0 Å². The Morgan fingerprint density at radius 1 is 1.41 bits per heavy atom. The third-order valence-corrected chi connectivity index (χ3v) is 4.11. The zero-order valence-corrected chi connectivity index (χ0v) is 10.7. The van der Waals surface area contributed by atoms with Crippen molar-refractivity contribution in [2.45, 2.75) is 39.5 Å². The van der Waals surface area contributed by atoms with Crippen molar-refractivity contribution in [3.8, 4) is 6.07 Å². The molecule has 2 rings (SSSR count). The number of nitrogens with zero attached hydrogens (tertiary/aromatic N) is 1. The van der Waals surface area contributed by atoms with Crippen molar-refractivity contribution in [1.29, 1.82) is 5.26 Å². The molecule has 90 valence electrons. The number of nitriles is 1. The average Bonchev–Trinajstić information content (AvgIpc) is 2.29. The number of benzene rings is 1. The van der Waals surface area contributed by atoms with Gasteiger partial charge < -0.3 is 5.32 Å². The predicted molar refractivity (Wildman–Crippen MR) is 71.0 cm³/mol. The van der Waals surface area contributed by atoms with Crippen molar-refractivity contribution in [3.05, 3.63) is 29.3 Å². The summed E-state index contributed by atoms with van der Waals surface area (Å²) in [5.74, 6) is 0. The molecule has 1 N–H and O–H groups in total. The predicted octanol–water partition coefficient (Wildman–Crippen LogP) is 3.86. The van der Waals surface area contributed by atoms with Crippen molar-refractivity contribution < 1.29 is 0 Å². The van der Waals surface area contributed by atoms with Gasteiger partial charge in [-0.2, -0.15) is 5.26 Å². The first-order valence-corrected chi connectivity index (χ1v) is 6.44. The molecule has 0 radical (unpaired) electrons. The number of aryl methyl sites for hydroxylation is 1. The van der Waals surface area contributed by atoms with Crippen LogP contribution in [0, 0.1) is 23.7 Å². The summed E-state index contributed by atoms with van der Waals surface area (Å²) in [6.45, 7) is 5.28. The summed E-state index contributed by atoms with van der Waals surface area (Å²) in [5, 5.41) is 12.6. The van der Waals surface area contributed by atoms with Gasteiger partial charge in [-0.1, -0.05) is 19.4 Å². The quantitative estimate of drug-likeness (QED) is 0.849. The van der Waals surface area contributed by atoms with E-state index in [2.05, 4.69) is 24.4 Å². The van der Waals surface area contributed by atoms with E-state index in [0.717, 1.165) is 23.4 Å². The number of anilines is 1. The topological polar surface area (TPSA) is 35.8 Å². The van der Waals surface area contributed by atoms with Gasteiger partial charge in [-0.3, -0.25) is 0 Å². The van der Waals surface area contributed by atoms with Crippen molar-refractivity contribution in [2.75, 3.05) is 11.9 Å². The first kappa shape index (κ1) is 12.0. The Labute approximate surface area is 104 Å². The van der Waals surface area contributed by atoms with E-state index in [-0.39, 0.29) is 0 Å². The second-order valence-electron chi connectivity index (χ2n) is 5.22. The Balaban J connectivity index is 2.06. The molecule has 0 heterocycles. The maximum atomic E-state index is 9.11. The Morgan fingerprint density at radius 2 is 2.18 bits per heavy atom. The summed E-state index contributed by atoms with van der Waals surface area (Å²) in [7, 11) is 0. The lowest BCUT2D eigenvalue weighted by Crippen LogP contribution is -2.35. The summed E-state index contributed by atoms with van der Waals surface area (Å²) >= 11 is 0. The van der Waals surface area contributed by atoms with E-state index in [0.29, 0.717) is 5.41 Å². The molecule has 0 aliphatic heterocycles. The molecule has 1 aromatic carbocycles. The maximum absolute atomic E-state index is 9.11. The number of hydrogen-bond acceptors (Lipinski definition) is 2. The molecule has 1 aliphatic carbocycles. The van der Waals surface area contributed by atoms with Gasteiger partial charge in [0.05, 0.1) is 11.3 Å². The van der Waals surface area contributed by atoms with Crippen LogP contribution in [0.5, 0.6) is 0 Å². The van der Waals surface area contributed by atoms with Crippen molar-refractivity contribution >= 4 is 5.69 Å². The molecule has 2 nitrogen and oxygen atoms in total. The SMILES string of the molecule is CCC1(CNc2ccc(C)cc2C#N)CCC1. The number of nitrogens with one attached hydrogen (secondary N) is 1. The van der Waals surface area contributed by atoms with Gasteiger partial charge in [0.2, 0.25) is 0 Å². The van der Waals surface area contributed by atoms with E-state index in [9.17, 15) is 0 Å². The fraction of sp³-hybridized carbons (Fsp3) is 0.533. The second-order valence-corrected chi connectivity index (χ2v) is 5.22. The first-order chi connectivity index (χ1) is 8.19. The van der Waals surface area contributed by atoms with Gasteiger partial charge in [-0.05, 0) is 49.3 Å². The molecule has 0 unspecified atom stereocenters.